The van der Waals surface area contributed by atoms with Crippen LogP contribution in [0.2, 0.25) is 0 Å². The number of ether oxygens (including phenoxy) is 8. The summed E-state index contributed by atoms with van der Waals surface area (Å²) in [6.07, 6.45) is -9.00. The highest BCUT2D eigenvalue weighted by Crippen LogP contribution is 2.55. The van der Waals surface area contributed by atoms with Gasteiger partial charge in [-0.1, -0.05) is 0 Å². The summed E-state index contributed by atoms with van der Waals surface area (Å²) in [5.74, 6) is -0.0825. The number of fused-ring (bicyclic) bond motifs is 7. The molecule has 0 unspecified atom stereocenters. The van der Waals surface area contributed by atoms with Crippen molar-refractivity contribution >= 4 is 11.9 Å². The van der Waals surface area contributed by atoms with Gasteiger partial charge in [-0.25, -0.2) is 0 Å². The number of nitrogens with two attached hydrogens (primary N) is 1. The van der Waals surface area contributed by atoms with E-state index in [9.17, 15) is 24.9 Å². The second kappa shape index (κ2) is 14.7. The van der Waals surface area contributed by atoms with E-state index in [0.29, 0.717) is 41.6 Å². The van der Waals surface area contributed by atoms with Gasteiger partial charge in [0.1, 0.15) is 55.0 Å². The van der Waals surface area contributed by atoms with Gasteiger partial charge in [0.15, 0.2) is 29.6 Å². The number of esters is 1. The molecule has 50 heavy (non-hydrogen) atoms. The van der Waals surface area contributed by atoms with E-state index in [-0.39, 0.29) is 50.9 Å². The van der Waals surface area contributed by atoms with Crippen LogP contribution in [0.4, 0.5) is 0 Å². The van der Waals surface area contributed by atoms with Crippen molar-refractivity contribution in [3.63, 3.8) is 0 Å². The lowest BCUT2D eigenvalue weighted by atomic mass is 9.89. The molecule has 17 heteroatoms. The average molecular weight is 706 g/mol. The molecule has 6 N–H and O–H groups in total. The minimum absolute atomic E-state index is 0.0173. The van der Waals surface area contributed by atoms with Gasteiger partial charge in [0.05, 0.1) is 25.2 Å². The number of benzene rings is 2. The molecule has 2 saturated heterocycles. The summed E-state index contributed by atoms with van der Waals surface area (Å²) in [7, 11) is 0. The summed E-state index contributed by atoms with van der Waals surface area (Å²) in [5, 5.41) is 39.7. The number of carboxylic acid groups (broad SMARTS) is 1. The maximum atomic E-state index is 12.3. The Morgan fingerprint density at radius 3 is 2.52 bits per heavy atom. The highest BCUT2D eigenvalue weighted by Gasteiger charge is 2.54. The third-order valence-corrected chi connectivity index (χ3v) is 9.20. The van der Waals surface area contributed by atoms with Gasteiger partial charge in [0.25, 0.3) is 6.29 Å². The number of hydrogen-bond donors (Lipinski definition) is 5. The Morgan fingerprint density at radius 2 is 1.76 bits per heavy atom. The van der Waals surface area contributed by atoms with Gasteiger partial charge in [-0.15, -0.1) is 0 Å². The van der Waals surface area contributed by atoms with E-state index in [2.05, 4.69) is 0 Å². The number of hydrogen-bond acceptors (Lipinski definition) is 16. The van der Waals surface area contributed by atoms with E-state index < -0.39 is 73.7 Å². The van der Waals surface area contributed by atoms with E-state index >= 15 is 0 Å². The first-order valence-electron chi connectivity index (χ1n) is 16.5. The molecule has 0 aliphatic carbocycles. The lowest BCUT2D eigenvalue weighted by Gasteiger charge is -2.44. The zero-order valence-electron chi connectivity index (χ0n) is 26.8. The number of carboxylic acids is 1. The molecule has 7 rings (SSSR count). The Labute approximate surface area is 285 Å². The fourth-order valence-corrected chi connectivity index (χ4v) is 6.93. The maximum absolute atomic E-state index is 12.3. The third-order valence-electron chi connectivity index (χ3n) is 9.20. The molecule has 17 nitrogen and oxygen atoms in total. The molecular formula is C33H39NO16. The van der Waals surface area contributed by atoms with Crippen LogP contribution >= 0.6 is 0 Å². The van der Waals surface area contributed by atoms with Crippen LogP contribution in [-0.2, 0) is 33.4 Å². The molecule has 2 aromatic rings. The van der Waals surface area contributed by atoms with Crippen molar-refractivity contribution in [2.75, 3.05) is 33.0 Å². The number of aliphatic hydroxyl groups excluding tert-OH is 3. The summed E-state index contributed by atoms with van der Waals surface area (Å²) < 4.78 is 47.3. The van der Waals surface area contributed by atoms with Crippen LogP contribution in [0.5, 0.6) is 28.7 Å². The number of carbonyl (C=O) groups excluding carboxylic acids is 1. The van der Waals surface area contributed by atoms with Crippen molar-refractivity contribution in [1.82, 2.24) is 0 Å². The van der Waals surface area contributed by atoms with E-state index in [1.165, 1.54) is 0 Å². The number of carbonyl (C=O) groups is 2. The van der Waals surface area contributed by atoms with Crippen LogP contribution in [0, 0.1) is 0 Å². The molecular weight excluding hydrogens is 666 g/mol. The first kappa shape index (κ1) is 34.5. The Kier molecular flexibility index (Phi) is 10.2. The van der Waals surface area contributed by atoms with Gasteiger partial charge in [-0.05, 0) is 43.5 Å². The quantitative estimate of drug-likeness (QED) is 0.0872. The van der Waals surface area contributed by atoms with Crippen LogP contribution in [0.15, 0.2) is 30.3 Å². The lowest BCUT2D eigenvalue weighted by Crippen LogP contribution is -2.63. The number of rotatable bonds is 12. The molecule has 272 valence electrons. The zero-order valence-corrected chi connectivity index (χ0v) is 26.8. The van der Waals surface area contributed by atoms with Crippen molar-refractivity contribution in [3.8, 4) is 28.7 Å². The molecule has 5 aliphatic rings. The molecule has 0 aromatic heterocycles. The Bertz CT molecular complexity index is 1560. The molecule has 0 bridgehead atoms. The minimum Gasteiger partial charge on any atom is -0.492 e. The third kappa shape index (κ3) is 6.87. The zero-order chi connectivity index (χ0) is 34.9. The second-order valence-corrected chi connectivity index (χ2v) is 12.5. The molecule has 5 heterocycles. The maximum Gasteiger partial charge on any atom is 0.317 e. The summed E-state index contributed by atoms with van der Waals surface area (Å²) in [6, 6.07) is 8.61. The minimum atomic E-state index is -1.45. The van der Waals surface area contributed by atoms with Gasteiger partial charge >= 0.3 is 11.9 Å². The first-order valence-corrected chi connectivity index (χ1v) is 16.5. The predicted molar refractivity (Wildman–Crippen MR) is 164 cm³/mol. The van der Waals surface area contributed by atoms with Crippen LogP contribution in [-0.4, -0.2) is 115 Å². The Morgan fingerprint density at radius 1 is 0.940 bits per heavy atom. The molecule has 2 aromatic carbocycles. The summed E-state index contributed by atoms with van der Waals surface area (Å²) in [4.78, 5) is 35.0. The largest absolute Gasteiger partial charge is 0.492 e. The Hall–Kier alpha value is -3.94. The molecule has 0 radical (unpaired) electrons. The van der Waals surface area contributed by atoms with Gasteiger partial charge in [-0.3, -0.25) is 9.59 Å². The molecule has 5 aliphatic heterocycles. The average Bonchev–Trinajstić information content (AvgIpc) is 3.63. The van der Waals surface area contributed by atoms with Crippen LogP contribution in [0.3, 0.4) is 0 Å². The van der Waals surface area contributed by atoms with Crippen LogP contribution in [0.1, 0.15) is 48.8 Å². The molecule has 10 atom stereocenters. The summed E-state index contributed by atoms with van der Waals surface area (Å²) >= 11 is 0. The van der Waals surface area contributed by atoms with Crippen molar-refractivity contribution in [3.05, 3.63) is 41.5 Å². The number of aliphatic carboxylic acids is 1. The molecule has 0 spiro atoms. The lowest BCUT2D eigenvalue weighted by molar-refractivity contribution is -0.379. The standard InChI is InChI=1S/C33H39NO16/c34-6-8-41-33-32(28(40)31-30(48-33)21(44-26(39)12-25(37)38)4-1-15(43-31)5-7-35)50-49-16-2-3-20-18(9-16)29-19(14-42-20)17-10-23-24(11-22(17)47-29)46-27(13-36)45-23/h2-3,9-11,15,19,21,27-33,35-36,40H,1,4-8,12-14,34H2,(H,37,38)/t15-,19-,21+,27-,28+,29-,30-,31+,32-,33-/m1/s1. The molecule has 0 saturated carbocycles. The molecule has 2 fully saturated rings. The topological polar surface area (TPSA) is 233 Å². The van der Waals surface area contributed by atoms with Gasteiger partial charge in [0.2, 0.25) is 0 Å². The van der Waals surface area contributed by atoms with E-state index in [0.717, 1.165) is 5.56 Å². The highest BCUT2D eigenvalue weighted by molar-refractivity contribution is 5.90. The monoisotopic (exact) mass is 705 g/mol. The van der Waals surface area contributed by atoms with Crippen molar-refractivity contribution in [1.29, 1.82) is 0 Å². The second-order valence-electron chi connectivity index (χ2n) is 12.5. The molecule has 0 amide bonds. The van der Waals surface area contributed by atoms with E-state index in [1.54, 1.807) is 24.3 Å². The first-order chi connectivity index (χ1) is 24.3. The summed E-state index contributed by atoms with van der Waals surface area (Å²) in [5.41, 5.74) is 7.24. The van der Waals surface area contributed by atoms with Gasteiger partial charge < -0.3 is 68.9 Å². The van der Waals surface area contributed by atoms with Crippen LogP contribution < -0.4 is 29.6 Å². The van der Waals surface area contributed by atoms with Crippen molar-refractivity contribution in [2.24, 2.45) is 5.73 Å². The van der Waals surface area contributed by atoms with Crippen LogP contribution in [0.25, 0.3) is 0 Å². The highest BCUT2D eigenvalue weighted by atomic mass is 17.2. The van der Waals surface area contributed by atoms with Crippen molar-refractivity contribution < 1.29 is 77.7 Å². The fraction of sp³-hybridized carbons (Fsp3) is 0.576. The van der Waals surface area contributed by atoms with E-state index in [4.69, 9.17) is 58.5 Å². The van der Waals surface area contributed by atoms with Crippen molar-refractivity contribution in [2.45, 2.75) is 86.9 Å². The summed E-state index contributed by atoms with van der Waals surface area (Å²) in [6.45, 7) is -0.00413. The Balaban J connectivity index is 1.08. The van der Waals surface area contributed by atoms with E-state index in [1.807, 2.05) is 6.07 Å². The van der Waals surface area contributed by atoms with Gasteiger partial charge in [-0.2, -0.15) is 4.89 Å². The predicted octanol–water partition coefficient (Wildman–Crippen LogP) is 0.443. The smallest absolute Gasteiger partial charge is 0.317 e. The fourth-order valence-electron chi connectivity index (χ4n) is 6.93. The number of aliphatic hydroxyl groups is 3. The normalized spacial score (nSPS) is 31.9. The van der Waals surface area contributed by atoms with Gasteiger partial charge in [0, 0.05) is 30.3 Å². The SMILES string of the molecule is NCCO[C@@H]1O[C@H]2[C@@H](O[C@@H](CCO)CC[C@@H]2OC(=O)CC(=O)O)[C@H](O)[C@H]1OOc1ccc2c(c1)[C@H]1Oc3cc4c(cc3[C@H]1CO2)O[C@@H](CO)O4.